The Morgan fingerprint density at radius 3 is 2.55 bits per heavy atom. The Morgan fingerprint density at radius 2 is 1.86 bits per heavy atom. The van der Waals surface area contributed by atoms with Gasteiger partial charge in [-0.25, -0.2) is 18.2 Å². The Morgan fingerprint density at radius 1 is 1.14 bits per heavy atom. The van der Waals surface area contributed by atoms with Gasteiger partial charge in [-0.3, -0.25) is 0 Å². The van der Waals surface area contributed by atoms with Crippen LogP contribution >= 0.6 is 23.2 Å². The van der Waals surface area contributed by atoms with Crippen molar-refractivity contribution in [3.05, 3.63) is 57.6 Å². The standard InChI is InChI=1S/C20H19Cl2F3N4/c1-10(11-2-3-12(21)13(22)6-11)29-19-8-16(25)15(24)7-18(19)27-20(29)28-5-4-14(23)17(26)9-28/h2-3,6-8,10,14,17H,4-5,9,26H2,1H3/t10-,14-,17-/m1/s1. The number of nitrogens with zero attached hydrogens (tertiary/aromatic N) is 3. The SMILES string of the molecule is C[C@H](c1ccc(Cl)c(Cl)c1)n1c(N2CC[C@@H](F)[C@H](N)C2)nc2cc(F)c(F)cc21. The zero-order valence-corrected chi connectivity index (χ0v) is 17.1. The second kappa shape index (κ2) is 7.70. The molecule has 1 saturated heterocycles. The second-order valence-electron chi connectivity index (χ2n) is 7.30. The number of halogens is 5. The molecular weight excluding hydrogens is 424 g/mol. The van der Waals surface area contributed by atoms with E-state index >= 15 is 0 Å². The Hall–Kier alpha value is -1.96. The minimum atomic E-state index is -1.09. The van der Waals surface area contributed by atoms with Gasteiger partial charge in [-0.1, -0.05) is 29.3 Å². The fourth-order valence-electron chi connectivity index (χ4n) is 3.74. The van der Waals surface area contributed by atoms with Crippen molar-refractivity contribution in [2.24, 2.45) is 5.73 Å². The molecule has 1 aliphatic rings. The molecule has 1 fully saturated rings. The average Bonchev–Trinajstić information content (AvgIpc) is 3.04. The molecule has 2 heterocycles. The molecule has 0 bridgehead atoms. The van der Waals surface area contributed by atoms with Crippen LogP contribution in [0.2, 0.25) is 10.0 Å². The maximum atomic E-state index is 14.0. The third-order valence-electron chi connectivity index (χ3n) is 5.38. The van der Waals surface area contributed by atoms with Gasteiger partial charge in [0.05, 0.1) is 33.2 Å². The summed E-state index contributed by atoms with van der Waals surface area (Å²) in [5.41, 5.74) is 7.46. The average molecular weight is 443 g/mol. The minimum Gasteiger partial charge on any atom is -0.340 e. The third-order valence-corrected chi connectivity index (χ3v) is 6.12. The highest BCUT2D eigenvalue weighted by molar-refractivity contribution is 6.42. The summed E-state index contributed by atoms with van der Waals surface area (Å²) in [6, 6.07) is 6.42. The van der Waals surface area contributed by atoms with E-state index in [0.717, 1.165) is 17.7 Å². The number of aromatic nitrogens is 2. The largest absolute Gasteiger partial charge is 0.340 e. The van der Waals surface area contributed by atoms with Gasteiger partial charge in [-0.05, 0) is 31.0 Å². The van der Waals surface area contributed by atoms with Crippen LogP contribution in [0.4, 0.5) is 19.1 Å². The summed E-state index contributed by atoms with van der Waals surface area (Å²) in [4.78, 5) is 6.38. The fraction of sp³-hybridized carbons (Fsp3) is 0.350. The second-order valence-corrected chi connectivity index (χ2v) is 8.12. The summed E-state index contributed by atoms with van der Waals surface area (Å²) in [5.74, 6) is -1.47. The molecule has 0 spiro atoms. The third kappa shape index (κ3) is 3.67. The van der Waals surface area contributed by atoms with Crippen LogP contribution in [0.5, 0.6) is 0 Å². The molecule has 29 heavy (non-hydrogen) atoms. The highest BCUT2D eigenvalue weighted by Crippen LogP contribution is 2.35. The van der Waals surface area contributed by atoms with Crippen LogP contribution in [-0.2, 0) is 0 Å². The number of fused-ring (bicyclic) bond motifs is 1. The lowest BCUT2D eigenvalue weighted by Crippen LogP contribution is -2.50. The van der Waals surface area contributed by atoms with Gasteiger partial charge in [0.2, 0.25) is 5.95 Å². The normalized spacial score (nSPS) is 21.0. The van der Waals surface area contributed by atoms with Crippen molar-refractivity contribution in [1.82, 2.24) is 9.55 Å². The van der Waals surface area contributed by atoms with Crippen molar-refractivity contribution >= 4 is 40.2 Å². The van der Waals surface area contributed by atoms with Crippen molar-refractivity contribution in [1.29, 1.82) is 0 Å². The summed E-state index contributed by atoms with van der Waals surface area (Å²) in [6.45, 7) is 2.55. The smallest absolute Gasteiger partial charge is 0.207 e. The van der Waals surface area contributed by atoms with E-state index in [-0.39, 0.29) is 19.0 Å². The maximum Gasteiger partial charge on any atom is 0.207 e. The van der Waals surface area contributed by atoms with E-state index in [1.807, 2.05) is 17.9 Å². The lowest BCUT2D eigenvalue weighted by atomic mass is 10.0. The topological polar surface area (TPSA) is 47.1 Å². The highest BCUT2D eigenvalue weighted by atomic mass is 35.5. The van der Waals surface area contributed by atoms with Crippen LogP contribution in [0.15, 0.2) is 30.3 Å². The molecule has 2 N–H and O–H groups in total. The monoisotopic (exact) mass is 442 g/mol. The molecule has 4 rings (SSSR count). The van der Waals surface area contributed by atoms with Crippen molar-refractivity contribution in [3.63, 3.8) is 0 Å². The quantitative estimate of drug-likeness (QED) is 0.613. The number of piperidine rings is 1. The molecule has 3 atom stereocenters. The molecule has 0 amide bonds. The van der Waals surface area contributed by atoms with E-state index in [1.165, 1.54) is 0 Å². The molecular formula is C20H19Cl2F3N4. The van der Waals surface area contributed by atoms with E-state index in [1.54, 1.807) is 16.7 Å². The van der Waals surface area contributed by atoms with Crippen molar-refractivity contribution in [3.8, 4) is 0 Å². The number of anilines is 1. The molecule has 3 aromatic rings. The predicted molar refractivity (Wildman–Crippen MR) is 110 cm³/mol. The number of imidazole rings is 1. The van der Waals surface area contributed by atoms with Gasteiger partial charge in [0.25, 0.3) is 0 Å². The predicted octanol–water partition coefficient (Wildman–Crippen LogP) is 5.11. The van der Waals surface area contributed by atoms with Gasteiger partial charge in [0.1, 0.15) is 6.17 Å². The first kappa shape index (κ1) is 20.3. The first-order chi connectivity index (χ1) is 13.8. The lowest BCUT2D eigenvalue weighted by Gasteiger charge is -2.35. The summed E-state index contributed by atoms with van der Waals surface area (Å²) in [6.07, 6.45) is -0.833. The fourth-order valence-corrected chi connectivity index (χ4v) is 4.05. The summed E-state index contributed by atoms with van der Waals surface area (Å²) >= 11 is 12.2. The Labute approximate surface area is 176 Å². The van der Waals surface area contributed by atoms with Crippen molar-refractivity contribution < 1.29 is 13.2 Å². The van der Waals surface area contributed by atoms with Gasteiger partial charge in [0, 0.05) is 25.2 Å². The van der Waals surface area contributed by atoms with Gasteiger partial charge in [0.15, 0.2) is 11.6 Å². The van der Waals surface area contributed by atoms with Gasteiger partial charge in [-0.2, -0.15) is 0 Å². The molecule has 154 valence electrons. The van der Waals surface area contributed by atoms with Crippen LogP contribution in [-0.4, -0.2) is 34.9 Å². The molecule has 2 aromatic carbocycles. The molecule has 0 saturated carbocycles. The maximum absolute atomic E-state index is 14.0. The molecule has 0 unspecified atom stereocenters. The number of nitrogens with two attached hydrogens (primary N) is 1. The van der Waals surface area contributed by atoms with Crippen molar-refractivity contribution in [2.75, 3.05) is 18.0 Å². The number of rotatable bonds is 3. The van der Waals surface area contributed by atoms with E-state index in [2.05, 4.69) is 4.98 Å². The number of hydrogen-bond acceptors (Lipinski definition) is 3. The first-order valence-electron chi connectivity index (χ1n) is 9.22. The van der Waals surface area contributed by atoms with Crippen LogP contribution in [0.25, 0.3) is 11.0 Å². The minimum absolute atomic E-state index is 0.254. The summed E-state index contributed by atoms with van der Waals surface area (Å²) < 4.78 is 43.5. The number of alkyl halides is 1. The molecule has 1 aliphatic heterocycles. The number of benzene rings is 2. The molecule has 0 radical (unpaired) electrons. The Kier molecular flexibility index (Phi) is 5.40. The number of hydrogen-bond donors (Lipinski definition) is 1. The molecule has 4 nitrogen and oxygen atoms in total. The molecule has 1 aromatic heterocycles. The van der Waals surface area contributed by atoms with E-state index in [0.29, 0.717) is 33.6 Å². The van der Waals surface area contributed by atoms with Gasteiger partial charge < -0.3 is 15.2 Å². The lowest BCUT2D eigenvalue weighted by molar-refractivity contribution is 0.243. The van der Waals surface area contributed by atoms with E-state index in [4.69, 9.17) is 28.9 Å². The van der Waals surface area contributed by atoms with Crippen LogP contribution in [0.1, 0.15) is 24.9 Å². The Balaban J connectivity index is 1.87. The molecule has 9 heteroatoms. The Bertz CT molecular complexity index is 1070. The zero-order chi connectivity index (χ0) is 20.9. The van der Waals surface area contributed by atoms with Gasteiger partial charge >= 0.3 is 0 Å². The zero-order valence-electron chi connectivity index (χ0n) is 15.5. The van der Waals surface area contributed by atoms with Crippen LogP contribution < -0.4 is 10.6 Å². The molecule has 0 aliphatic carbocycles. The van der Waals surface area contributed by atoms with Gasteiger partial charge in [-0.15, -0.1) is 0 Å². The van der Waals surface area contributed by atoms with E-state index < -0.39 is 23.8 Å². The summed E-state index contributed by atoms with van der Waals surface area (Å²) in [5, 5.41) is 0.807. The summed E-state index contributed by atoms with van der Waals surface area (Å²) in [7, 11) is 0. The van der Waals surface area contributed by atoms with Crippen LogP contribution in [0, 0.1) is 11.6 Å². The van der Waals surface area contributed by atoms with Crippen LogP contribution in [0.3, 0.4) is 0 Å². The van der Waals surface area contributed by atoms with E-state index in [9.17, 15) is 13.2 Å². The van der Waals surface area contributed by atoms with Crippen molar-refractivity contribution in [2.45, 2.75) is 31.6 Å². The highest BCUT2D eigenvalue weighted by Gasteiger charge is 2.30. The first-order valence-corrected chi connectivity index (χ1v) is 9.98.